The first-order valence-corrected chi connectivity index (χ1v) is 22.4. The first-order valence-electron chi connectivity index (χ1n) is 22.4. The van der Waals surface area contributed by atoms with Gasteiger partial charge in [-0.05, 0) is 134 Å². The van der Waals surface area contributed by atoms with Gasteiger partial charge in [0.2, 0.25) is 0 Å². The normalized spacial score (nSPS) is 9.74. The molecule has 0 aromatic heterocycles. The largest absolute Gasteiger partial charge is 0.497 e. The summed E-state index contributed by atoms with van der Waals surface area (Å²) in [5.74, 6) is 5.03. The van der Waals surface area contributed by atoms with Crippen LogP contribution in [0.4, 0.5) is 0 Å². The maximum Gasteiger partial charge on any atom is 0.161 e. The van der Waals surface area contributed by atoms with Crippen molar-refractivity contribution in [3.05, 3.63) is 216 Å². The second-order valence-electron chi connectivity index (χ2n) is 15.5. The smallest absolute Gasteiger partial charge is 0.161 e. The van der Waals surface area contributed by atoms with E-state index in [2.05, 4.69) is 55.5 Å². The van der Waals surface area contributed by atoms with Crippen LogP contribution in [0, 0.1) is 6.92 Å². The van der Waals surface area contributed by atoms with E-state index >= 15 is 0 Å². The Labute approximate surface area is 413 Å². The third-order valence-corrected chi connectivity index (χ3v) is 10.7. The molecular weight excluding hydrogens is 877 g/mol. The monoisotopic (exact) mass is 938 g/mol. The summed E-state index contributed by atoms with van der Waals surface area (Å²) in [6.45, 7) is 6.64. The molecule has 0 saturated carbocycles. The van der Waals surface area contributed by atoms with Crippen LogP contribution in [0.25, 0.3) is 33.4 Å². The minimum atomic E-state index is 0.0186. The average Bonchev–Trinajstić information content (AvgIpc) is 3.42. The third kappa shape index (κ3) is 17.3. The highest BCUT2D eigenvalue weighted by atomic mass is 16.5. The summed E-state index contributed by atoms with van der Waals surface area (Å²) < 4.78 is 30.8. The van der Waals surface area contributed by atoms with Crippen LogP contribution in [-0.4, -0.2) is 60.0 Å². The summed E-state index contributed by atoms with van der Waals surface area (Å²) >= 11 is 0. The molecule has 0 aliphatic rings. The fourth-order valence-electron chi connectivity index (χ4n) is 6.51. The lowest BCUT2D eigenvalue weighted by Crippen LogP contribution is -1.95. The van der Waals surface area contributed by atoms with Gasteiger partial charge in [0.15, 0.2) is 28.8 Å². The number of ketones is 3. The minimum Gasteiger partial charge on any atom is -0.497 e. The molecule has 0 aliphatic carbocycles. The zero-order chi connectivity index (χ0) is 50.8. The summed E-state index contributed by atoms with van der Waals surface area (Å²) in [5.41, 5.74) is 10.4. The Morgan fingerprint density at radius 1 is 0.286 bits per heavy atom. The minimum absolute atomic E-state index is 0.0186. The Hall–Kier alpha value is -8.43. The van der Waals surface area contributed by atoms with Crippen molar-refractivity contribution in [2.75, 3.05) is 42.7 Å². The average molecular weight is 939 g/mol. The van der Waals surface area contributed by atoms with Crippen molar-refractivity contribution in [1.29, 1.82) is 0 Å². The van der Waals surface area contributed by atoms with E-state index in [1.807, 2.05) is 97.1 Å². The number of carbonyl (C=O) groups excluding carboxylic acids is 3. The fourth-order valence-corrected chi connectivity index (χ4v) is 6.51. The van der Waals surface area contributed by atoms with Crippen LogP contribution < -0.4 is 28.4 Å². The fraction of sp³-hybridized carbons (Fsp3) is 0.164. The van der Waals surface area contributed by atoms with Gasteiger partial charge in [0.1, 0.15) is 23.0 Å². The number of ether oxygens (including phenoxy) is 6. The van der Waals surface area contributed by atoms with Crippen LogP contribution in [-0.2, 0) is 0 Å². The number of methoxy groups -OCH3 is 6. The van der Waals surface area contributed by atoms with Crippen molar-refractivity contribution in [2.24, 2.45) is 0 Å². The Morgan fingerprint density at radius 2 is 0.557 bits per heavy atom. The summed E-state index contributed by atoms with van der Waals surface area (Å²) in [5, 5.41) is 0. The molecule has 8 aromatic rings. The number of carbonyl (C=O) groups is 3. The van der Waals surface area contributed by atoms with Crippen LogP contribution >= 0.6 is 0 Å². The molecule has 9 nitrogen and oxygen atoms in total. The third-order valence-electron chi connectivity index (χ3n) is 10.7. The van der Waals surface area contributed by atoms with Gasteiger partial charge in [0.25, 0.3) is 0 Å². The van der Waals surface area contributed by atoms with Gasteiger partial charge in [0, 0.05) is 16.7 Å². The molecule has 0 radical (unpaired) electrons. The number of rotatable bonds is 12. The summed E-state index contributed by atoms with van der Waals surface area (Å²) in [6, 6.07) is 62.5. The molecule has 0 aliphatic heterocycles. The van der Waals surface area contributed by atoms with E-state index < -0.39 is 0 Å². The van der Waals surface area contributed by atoms with Crippen LogP contribution in [0.2, 0.25) is 0 Å². The molecule has 0 fully saturated rings. The van der Waals surface area contributed by atoms with Crippen LogP contribution in [0.5, 0.6) is 34.5 Å². The van der Waals surface area contributed by atoms with E-state index in [9.17, 15) is 14.4 Å². The Morgan fingerprint density at radius 3 is 0.857 bits per heavy atom. The van der Waals surface area contributed by atoms with E-state index in [4.69, 9.17) is 28.4 Å². The van der Waals surface area contributed by atoms with Crippen LogP contribution in [0.3, 0.4) is 0 Å². The van der Waals surface area contributed by atoms with Gasteiger partial charge in [-0.15, -0.1) is 0 Å². The van der Waals surface area contributed by atoms with Crippen molar-refractivity contribution < 1.29 is 42.8 Å². The van der Waals surface area contributed by atoms with Gasteiger partial charge in [-0.3, -0.25) is 14.4 Å². The highest BCUT2D eigenvalue weighted by Gasteiger charge is 2.06. The SMILES string of the molecule is CC(=O)c1ccc(C(C)=O)cc1.COc1ccc(-c2ccc(C)cc2)cc1.COc1ccc(-c2ccc(OC)cc2)cc1.COc1ccc(-c2ccccc2)cc1OC.COc1ccc(C(C)=O)cc1. The Bertz CT molecular complexity index is 2720. The van der Waals surface area contributed by atoms with Crippen molar-refractivity contribution in [1.82, 2.24) is 0 Å². The molecular formula is C61H62O9. The van der Waals surface area contributed by atoms with Gasteiger partial charge in [-0.25, -0.2) is 0 Å². The standard InChI is InChI=1S/2C14H14O2.C14H14O.C10H10O2.C9H10O2/c1-15-13-7-3-11(4-8-13)12-5-9-14(16-2)10-6-12;1-15-13-9-8-12(10-14(13)16-2)11-6-4-3-5-7-11;1-11-3-5-12(6-4-11)13-7-9-14(15-2)10-8-13;1-7(11)9-3-5-10(6-4-9)8(2)12;1-7(10)8-3-5-9(11-2)6-4-8/h2*3-10H,1-2H3;3-10H,1-2H3;3-6H,1-2H3;3-6H,1-2H3. The van der Waals surface area contributed by atoms with E-state index in [1.165, 1.54) is 47.2 Å². The molecule has 360 valence electrons. The van der Waals surface area contributed by atoms with E-state index in [0.717, 1.165) is 40.1 Å². The lowest BCUT2D eigenvalue weighted by molar-refractivity contribution is 0.100. The molecule has 0 atom stereocenters. The van der Waals surface area contributed by atoms with Gasteiger partial charge in [-0.1, -0.05) is 127 Å². The Kier molecular flexibility index (Phi) is 22.2. The first kappa shape index (κ1) is 54.2. The number of aryl methyl sites for hydroxylation is 1. The molecule has 0 saturated heterocycles. The lowest BCUT2D eigenvalue weighted by atomic mass is 10.0. The zero-order valence-electron chi connectivity index (χ0n) is 41.6. The van der Waals surface area contributed by atoms with E-state index in [1.54, 1.807) is 98.1 Å². The quantitative estimate of drug-likeness (QED) is 0.111. The topological polar surface area (TPSA) is 107 Å². The number of Topliss-reactive ketones (excluding diaryl/α,β-unsaturated/α-hetero) is 3. The summed E-state index contributed by atoms with van der Waals surface area (Å²) in [4.78, 5) is 32.5. The predicted molar refractivity (Wildman–Crippen MR) is 283 cm³/mol. The zero-order valence-corrected chi connectivity index (χ0v) is 41.6. The van der Waals surface area contributed by atoms with Crippen LogP contribution in [0.1, 0.15) is 57.4 Å². The number of hydrogen-bond acceptors (Lipinski definition) is 9. The van der Waals surface area contributed by atoms with Crippen molar-refractivity contribution in [2.45, 2.75) is 27.7 Å². The molecule has 8 rings (SSSR count). The lowest BCUT2D eigenvalue weighted by Gasteiger charge is -2.09. The van der Waals surface area contributed by atoms with Crippen molar-refractivity contribution in [3.63, 3.8) is 0 Å². The molecule has 0 bridgehead atoms. The second-order valence-corrected chi connectivity index (χ2v) is 15.5. The molecule has 8 aromatic carbocycles. The van der Waals surface area contributed by atoms with Gasteiger partial charge in [-0.2, -0.15) is 0 Å². The molecule has 0 heterocycles. The summed E-state index contributed by atoms with van der Waals surface area (Å²) in [7, 11) is 9.90. The second kappa shape index (κ2) is 28.7. The molecule has 0 unspecified atom stereocenters. The predicted octanol–water partition coefficient (Wildman–Crippen LogP) is 14.4. The highest BCUT2D eigenvalue weighted by molar-refractivity contribution is 5.97. The molecule has 70 heavy (non-hydrogen) atoms. The maximum atomic E-state index is 10.8. The highest BCUT2D eigenvalue weighted by Crippen LogP contribution is 2.32. The molecule has 0 spiro atoms. The van der Waals surface area contributed by atoms with Gasteiger partial charge in [0.05, 0.1) is 42.7 Å². The van der Waals surface area contributed by atoms with Crippen LogP contribution in [0.15, 0.2) is 194 Å². The number of benzene rings is 8. The Balaban J connectivity index is 0.000000192. The summed E-state index contributed by atoms with van der Waals surface area (Å²) in [6.07, 6.45) is 0. The molecule has 9 heteroatoms. The maximum absolute atomic E-state index is 10.8. The number of hydrogen-bond donors (Lipinski definition) is 0. The van der Waals surface area contributed by atoms with E-state index in [0.29, 0.717) is 16.7 Å². The van der Waals surface area contributed by atoms with Gasteiger partial charge >= 0.3 is 0 Å². The van der Waals surface area contributed by atoms with Crippen molar-refractivity contribution >= 4 is 17.3 Å². The van der Waals surface area contributed by atoms with Gasteiger partial charge < -0.3 is 28.4 Å². The van der Waals surface area contributed by atoms with Crippen molar-refractivity contribution in [3.8, 4) is 67.9 Å². The van der Waals surface area contributed by atoms with E-state index in [-0.39, 0.29) is 17.3 Å². The molecule has 0 amide bonds. The molecule has 0 N–H and O–H groups in total. The first-order chi connectivity index (χ1) is 33.8.